The molecule has 1 aliphatic carbocycles. The van der Waals surface area contributed by atoms with E-state index in [1.165, 1.54) is 0 Å². The predicted molar refractivity (Wildman–Crippen MR) is 96.4 cm³/mol. The number of allylic oxidation sites excluding steroid dienone is 4. The number of aryl methyl sites for hydroxylation is 1. The third-order valence-corrected chi connectivity index (χ3v) is 3.88. The van der Waals surface area contributed by atoms with Crippen LogP contribution in [0.2, 0.25) is 0 Å². The maximum absolute atomic E-state index is 12.9. The minimum atomic E-state index is -0.154. The fourth-order valence-corrected chi connectivity index (χ4v) is 2.81. The van der Waals surface area contributed by atoms with Crippen LogP contribution < -0.4 is 5.32 Å². The van der Waals surface area contributed by atoms with Crippen LogP contribution in [0.15, 0.2) is 71.5 Å². The number of ketones is 2. The summed E-state index contributed by atoms with van der Waals surface area (Å²) in [6, 6.07) is 14.7. The molecule has 1 aliphatic rings. The third kappa shape index (κ3) is 2.93. The van der Waals surface area contributed by atoms with Crippen LogP contribution >= 0.6 is 0 Å². The highest BCUT2D eigenvalue weighted by Gasteiger charge is 2.31. The van der Waals surface area contributed by atoms with Gasteiger partial charge in [0.15, 0.2) is 5.78 Å². The summed E-state index contributed by atoms with van der Waals surface area (Å²) in [7, 11) is 0. The monoisotopic (exact) mass is 317 g/mol. The van der Waals surface area contributed by atoms with E-state index in [-0.39, 0.29) is 11.6 Å². The van der Waals surface area contributed by atoms with Crippen LogP contribution in [0.4, 0.5) is 5.69 Å². The van der Waals surface area contributed by atoms with E-state index >= 15 is 0 Å². The maximum Gasteiger partial charge on any atom is 0.210 e. The molecule has 3 nitrogen and oxygen atoms in total. The van der Waals surface area contributed by atoms with Crippen molar-refractivity contribution in [1.29, 1.82) is 0 Å². The Balaban J connectivity index is 2.15. The lowest BCUT2D eigenvalue weighted by Crippen LogP contribution is -2.25. The smallest absolute Gasteiger partial charge is 0.210 e. The van der Waals surface area contributed by atoms with Crippen LogP contribution in [0.1, 0.15) is 40.1 Å². The Morgan fingerprint density at radius 1 is 0.917 bits per heavy atom. The number of benzene rings is 2. The zero-order valence-electron chi connectivity index (χ0n) is 14.0. The van der Waals surface area contributed by atoms with Crippen molar-refractivity contribution in [3.05, 3.63) is 88.1 Å². The van der Waals surface area contributed by atoms with Gasteiger partial charge in [-0.15, -0.1) is 0 Å². The van der Waals surface area contributed by atoms with E-state index in [2.05, 4.69) is 5.32 Å². The van der Waals surface area contributed by atoms with E-state index in [9.17, 15) is 9.59 Å². The molecule has 2 aromatic carbocycles. The second-order valence-corrected chi connectivity index (χ2v) is 6.21. The lowest BCUT2D eigenvalue weighted by Gasteiger charge is -2.21. The van der Waals surface area contributed by atoms with Gasteiger partial charge in [0.25, 0.3) is 0 Å². The first-order chi connectivity index (χ1) is 11.5. The van der Waals surface area contributed by atoms with Crippen LogP contribution in [0.25, 0.3) is 0 Å². The Kier molecular flexibility index (Phi) is 4.17. The number of anilines is 1. The molecular formula is C21H19NO2. The maximum atomic E-state index is 12.9. The highest BCUT2D eigenvalue weighted by atomic mass is 16.1. The van der Waals surface area contributed by atoms with Crippen molar-refractivity contribution in [2.75, 3.05) is 5.32 Å². The van der Waals surface area contributed by atoms with Gasteiger partial charge in [-0.25, -0.2) is 0 Å². The number of nitrogens with one attached hydrogen (secondary N) is 1. The molecule has 1 N–H and O–H groups in total. The molecule has 0 aliphatic heterocycles. The summed E-state index contributed by atoms with van der Waals surface area (Å²) >= 11 is 0. The summed E-state index contributed by atoms with van der Waals surface area (Å²) in [4.78, 5) is 25.8. The minimum Gasteiger partial charge on any atom is -0.352 e. The van der Waals surface area contributed by atoms with Crippen molar-refractivity contribution in [3.8, 4) is 0 Å². The molecule has 24 heavy (non-hydrogen) atoms. The molecule has 2 aromatic rings. The van der Waals surface area contributed by atoms with Gasteiger partial charge in [-0.3, -0.25) is 9.59 Å². The number of Topliss-reactive ketones (excluding diaryl/α,β-unsaturated/α-hetero) is 2. The zero-order chi connectivity index (χ0) is 17.3. The largest absolute Gasteiger partial charge is 0.352 e. The van der Waals surface area contributed by atoms with Gasteiger partial charge in [0, 0.05) is 16.8 Å². The molecule has 120 valence electrons. The minimum absolute atomic E-state index is 0.124. The van der Waals surface area contributed by atoms with Crippen LogP contribution in [0.3, 0.4) is 0 Å². The zero-order valence-corrected chi connectivity index (χ0v) is 14.0. The first-order valence-corrected chi connectivity index (χ1v) is 7.88. The summed E-state index contributed by atoms with van der Waals surface area (Å²) in [6.07, 6.45) is 1.77. The van der Waals surface area contributed by atoms with Crippen LogP contribution in [-0.2, 0) is 0 Å². The van der Waals surface area contributed by atoms with E-state index in [1.807, 2.05) is 45.0 Å². The van der Waals surface area contributed by atoms with E-state index in [4.69, 9.17) is 0 Å². The van der Waals surface area contributed by atoms with Gasteiger partial charge in [0.2, 0.25) is 5.78 Å². The van der Waals surface area contributed by atoms with Crippen LogP contribution in [0.5, 0.6) is 0 Å². The van der Waals surface area contributed by atoms with E-state index in [0.717, 1.165) is 16.8 Å². The number of fused-ring (bicyclic) bond motifs is 1. The van der Waals surface area contributed by atoms with E-state index in [0.29, 0.717) is 22.4 Å². The molecular weight excluding hydrogens is 298 g/mol. The fourth-order valence-electron chi connectivity index (χ4n) is 2.81. The second kappa shape index (κ2) is 6.28. The molecule has 0 radical (unpaired) electrons. The molecule has 0 aromatic heterocycles. The van der Waals surface area contributed by atoms with Gasteiger partial charge in [-0.05, 0) is 38.5 Å². The van der Waals surface area contributed by atoms with Crippen molar-refractivity contribution >= 4 is 17.3 Å². The van der Waals surface area contributed by atoms with Crippen molar-refractivity contribution < 1.29 is 9.59 Å². The summed E-state index contributed by atoms with van der Waals surface area (Å²) in [5, 5.41) is 3.16. The second-order valence-electron chi connectivity index (χ2n) is 6.21. The molecule has 3 heteroatoms. The number of hydrogen-bond acceptors (Lipinski definition) is 3. The quantitative estimate of drug-likeness (QED) is 0.892. The highest BCUT2D eigenvalue weighted by Crippen LogP contribution is 2.29. The Hall–Kier alpha value is -2.94. The number of rotatable bonds is 3. The topological polar surface area (TPSA) is 46.2 Å². The fraction of sp³-hybridized carbons (Fsp3) is 0.143. The lowest BCUT2D eigenvalue weighted by atomic mass is 9.86. The van der Waals surface area contributed by atoms with Gasteiger partial charge in [0.1, 0.15) is 0 Å². The number of hydrogen-bond donors (Lipinski definition) is 1. The molecule has 0 unspecified atom stereocenters. The molecule has 0 amide bonds. The Labute approximate surface area is 141 Å². The first kappa shape index (κ1) is 15.9. The molecule has 0 spiro atoms. The van der Waals surface area contributed by atoms with Crippen molar-refractivity contribution in [2.24, 2.45) is 0 Å². The Morgan fingerprint density at radius 3 is 2.21 bits per heavy atom. The molecule has 0 heterocycles. The molecule has 0 bridgehead atoms. The normalized spacial score (nSPS) is 13.6. The predicted octanol–water partition coefficient (Wildman–Crippen LogP) is 4.71. The molecule has 0 atom stereocenters. The molecule has 0 fully saturated rings. The standard InChI is InChI=1S/C21H19NO2/c1-13(2)11-18-19(22-15-8-6-7-14(3)12-15)21(24)17-10-5-4-9-16(17)20(18)23/h4-12,22H,1-3H3. The van der Waals surface area contributed by atoms with Gasteiger partial charge in [-0.2, -0.15) is 0 Å². The van der Waals surface area contributed by atoms with Crippen LogP contribution in [0, 0.1) is 6.92 Å². The Morgan fingerprint density at radius 2 is 1.58 bits per heavy atom. The molecule has 0 saturated heterocycles. The summed E-state index contributed by atoms with van der Waals surface area (Å²) in [5.74, 6) is -0.277. The average Bonchev–Trinajstić information content (AvgIpc) is 2.55. The van der Waals surface area contributed by atoms with Gasteiger partial charge >= 0.3 is 0 Å². The van der Waals surface area contributed by atoms with Gasteiger partial charge in [-0.1, -0.05) is 48.0 Å². The summed E-state index contributed by atoms with van der Waals surface area (Å²) < 4.78 is 0. The van der Waals surface area contributed by atoms with E-state index < -0.39 is 0 Å². The highest BCUT2D eigenvalue weighted by molar-refractivity contribution is 6.28. The summed E-state index contributed by atoms with van der Waals surface area (Å²) in [5.41, 5.74) is 4.51. The van der Waals surface area contributed by atoms with Crippen molar-refractivity contribution in [2.45, 2.75) is 20.8 Å². The van der Waals surface area contributed by atoms with Gasteiger partial charge in [0.05, 0.1) is 11.3 Å². The summed E-state index contributed by atoms with van der Waals surface area (Å²) in [6.45, 7) is 5.81. The van der Waals surface area contributed by atoms with Crippen LogP contribution in [-0.4, -0.2) is 11.6 Å². The SMILES string of the molecule is CC(C)=CC1=C(Nc2cccc(C)c2)C(=O)c2ccccc2C1=O. The molecule has 3 rings (SSSR count). The lowest BCUT2D eigenvalue weighted by molar-refractivity contribution is 0.0978. The van der Waals surface area contributed by atoms with Crippen molar-refractivity contribution in [3.63, 3.8) is 0 Å². The number of carbonyl (C=O) groups excluding carboxylic acids is 2. The van der Waals surface area contributed by atoms with E-state index in [1.54, 1.807) is 30.3 Å². The number of carbonyl (C=O) groups is 2. The van der Waals surface area contributed by atoms with Gasteiger partial charge < -0.3 is 5.32 Å². The Bertz CT molecular complexity index is 900. The molecule has 0 saturated carbocycles. The first-order valence-electron chi connectivity index (χ1n) is 7.88. The average molecular weight is 317 g/mol. The van der Waals surface area contributed by atoms with Crippen molar-refractivity contribution in [1.82, 2.24) is 0 Å². The third-order valence-electron chi connectivity index (χ3n) is 3.88.